The van der Waals surface area contributed by atoms with Gasteiger partial charge < -0.3 is 20.3 Å². The van der Waals surface area contributed by atoms with Crippen LogP contribution in [0, 0.1) is 0 Å². The predicted octanol–water partition coefficient (Wildman–Crippen LogP) is 1.60. The van der Waals surface area contributed by atoms with E-state index in [4.69, 9.17) is 10.2 Å². The predicted molar refractivity (Wildman–Crippen MR) is 61.6 cm³/mol. The van der Waals surface area contributed by atoms with Crippen molar-refractivity contribution >= 4 is 6.16 Å². The highest BCUT2D eigenvalue weighted by Crippen LogP contribution is 2.05. The molecule has 0 aliphatic carbocycles. The van der Waals surface area contributed by atoms with Crippen LogP contribution in [0.25, 0.3) is 0 Å². The van der Waals surface area contributed by atoms with Crippen molar-refractivity contribution < 1.29 is 19.7 Å². The fraction of sp³-hybridized carbons (Fsp3) is 0.909. The van der Waals surface area contributed by atoms with Crippen LogP contribution < -0.4 is 5.32 Å². The Bertz CT molecular complexity index is 195. The van der Waals surface area contributed by atoms with Crippen molar-refractivity contribution in [3.63, 3.8) is 0 Å². The second kappa shape index (κ2) is 7.46. The van der Waals surface area contributed by atoms with Gasteiger partial charge in [0.1, 0.15) is 5.60 Å². The van der Waals surface area contributed by atoms with Gasteiger partial charge in [-0.15, -0.1) is 0 Å². The number of carbonyl (C=O) groups is 1. The van der Waals surface area contributed by atoms with E-state index in [1.54, 1.807) is 20.8 Å². The van der Waals surface area contributed by atoms with Crippen molar-refractivity contribution in [2.24, 2.45) is 0 Å². The lowest BCUT2D eigenvalue weighted by Crippen LogP contribution is -2.36. The highest BCUT2D eigenvalue weighted by atomic mass is 16.7. The van der Waals surface area contributed by atoms with Gasteiger partial charge in [0, 0.05) is 6.04 Å². The zero-order valence-electron chi connectivity index (χ0n) is 10.3. The first-order valence-corrected chi connectivity index (χ1v) is 5.61. The van der Waals surface area contributed by atoms with Crippen LogP contribution in [0.15, 0.2) is 0 Å². The molecule has 1 fully saturated rings. The SMILES string of the molecule is CC(C)(C)OC(=O)O.OCC1CCCCN1. The molecule has 1 atom stereocenters. The summed E-state index contributed by atoms with van der Waals surface area (Å²) in [6, 6.07) is 0.392. The van der Waals surface area contributed by atoms with Gasteiger partial charge in [-0.25, -0.2) is 4.79 Å². The molecule has 0 saturated carbocycles. The molecule has 1 saturated heterocycles. The van der Waals surface area contributed by atoms with Crippen LogP contribution in [0.4, 0.5) is 4.79 Å². The molecule has 0 aromatic rings. The van der Waals surface area contributed by atoms with Crippen LogP contribution in [0.2, 0.25) is 0 Å². The summed E-state index contributed by atoms with van der Waals surface area (Å²) in [5.41, 5.74) is -0.578. The minimum Gasteiger partial charge on any atom is -0.450 e. The number of piperidine rings is 1. The molecule has 0 aromatic heterocycles. The van der Waals surface area contributed by atoms with Crippen LogP contribution >= 0.6 is 0 Å². The summed E-state index contributed by atoms with van der Waals surface area (Å²) >= 11 is 0. The zero-order valence-corrected chi connectivity index (χ0v) is 10.3. The molecule has 16 heavy (non-hydrogen) atoms. The lowest BCUT2D eigenvalue weighted by atomic mass is 10.1. The monoisotopic (exact) mass is 233 g/mol. The first kappa shape index (κ1) is 15.2. The molecule has 5 heteroatoms. The summed E-state index contributed by atoms with van der Waals surface area (Å²) in [6.45, 7) is 6.44. The molecule has 5 nitrogen and oxygen atoms in total. The van der Waals surface area contributed by atoms with E-state index < -0.39 is 11.8 Å². The first-order valence-electron chi connectivity index (χ1n) is 5.61. The highest BCUT2D eigenvalue weighted by Gasteiger charge is 2.14. The second-order valence-electron chi connectivity index (χ2n) is 4.81. The zero-order chi connectivity index (χ0) is 12.6. The summed E-state index contributed by atoms with van der Waals surface area (Å²) < 4.78 is 4.35. The molecule has 1 aliphatic heterocycles. The van der Waals surface area contributed by atoms with E-state index in [0.717, 1.165) is 13.0 Å². The molecule has 1 heterocycles. The molecule has 0 bridgehead atoms. The molecule has 1 unspecified atom stereocenters. The van der Waals surface area contributed by atoms with Crippen LogP contribution in [0.1, 0.15) is 40.0 Å². The average molecular weight is 233 g/mol. The lowest BCUT2D eigenvalue weighted by Gasteiger charge is -2.20. The Labute approximate surface area is 96.8 Å². The van der Waals surface area contributed by atoms with E-state index in [1.165, 1.54) is 12.8 Å². The minimum atomic E-state index is -1.22. The molecule has 3 N–H and O–H groups in total. The molecule has 0 radical (unpaired) electrons. The number of aliphatic hydroxyl groups is 1. The molecular weight excluding hydrogens is 210 g/mol. The quantitative estimate of drug-likeness (QED) is 0.599. The van der Waals surface area contributed by atoms with Gasteiger partial charge in [0.2, 0.25) is 0 Å². The van der Waals surface area contributed by atoms with Gasteiger partial charge in [-0.3, -0.25) is 0 Å². The van der Waals surface area contributed by atoms with Gasteiger partial charge in [0.15, 0.2) is 0 Å². The van der Waals surface area contributed by atoms with E-state index in [2.05, 4.69) is 10.1 Å². The summed E-state index contributed by atoms with van der Waals surface area (Å²) in [6.07, 6.45) is 2.48. The summed E-state index contributed by atoms with van der Waals surface area (Å²) in [4.78, 5) is 9.79. The number of carboxylic acid groups (broad SMARTS) is 1. The third-order valence-electron chi connectivity index (χ3n) is 2.03. The number of aliphatic hydroxyl groups excluding tert-OH is 1. The summed E-state index contributed by atoms with van der Waals surface area (Å²) in [7, 11) is 0. The Balaban J connectivity index is 0.000000281. The normalized spacial score (nSPS) is 20.6. The molecule has 0 aromatic carbocycles. The number of hydrogen-bond acceptors (Lipinski definition) is 4. The van der Waals surface area contributed by atoms with Gasteiger partial charge in [-0.2, -0.15) is 0 Å². The molecule has 96 valence electrons. The van der Waals surface area contributed by atoms with Crippen LogP contribution in [0.5, 0.6) is 0 Å². The van der Waals surface area contributed by atoms with Gasteiger partial charge in [-0.05, 0) is 40.2 Å². The van der Waals surface area contributed by atoms with E-state index in [1.807, 2.05) is 0 Å². The third-order valence-corrected chi connectivity index (χ3v) is 2.03. The van der Waals surface area contributed by atoms with Crippen LogP contribution in [0.3, 0.4) is 0 Å². The maximum Gasteiger partial charge on any atom is 0.506 e. The molecular formula is C11H23NO4. The summed E-state index contributed by atoms with van der Waals surface area (Å²) in [5.74, 6) is 0. The smallest absolute Gasteiger partial charge is 0.450 e. The molecule has 1 rings (SSSR count). The Morgan fingerprint density at radius 3 is 2.25 bits per heavy atom. The number of ether oxygens (including phenoxy) is 1. The topological polar surface area (TPSA) is 78.8 Å². The van der Waals surface area contributed by atoms with Gasteiger partial charge >= 0.3 is 6.16 Å². The Morgan fingerprint density at radius 1 is 1.44 bits per heavy atom. The molecule has 0 amide bonds. The maximum atomic E-state index is 9.79. The Morgan fingerprint density at radius 2 is 2.06 bits per heavy atom. The largest absolute Gasteiger partial charge is 0.506 e. The molecule has 1 aliphatic rings. The maximum absolute atomic E-state index is 9.79. The summed E-state index contributed by atoms with van der Waals surface area (Å²) in [5, 5.41) is 19.9. The average Bonchev–Trinajstić information content (AvgIpc) is 2.16. The van der Waals surface area contributed by atoms with Crippen molar-refractivity contribution in [2.75, 3.05) is 13.2 Å². The van der Waals surface area contributed by atoms with Crippen LogP contribution in [-0.4, -0.2) is 41.2 Å². The van der Waals surface area contributed by atoms with Crippen molar-refractivity contribution in [1.82, 2.24) is 5.32 Å². The number of hydrogen-bond donors (Lipinski definition) is 3. The van der Waals surface area contributed by atoms with E-state index >= 15 is 0 Å². The molecule has 0 spiro atoms. The van der Waals surface area contributed by atoms with Crippen molar-refractivity contribution in [3.8, 4) is 0 Å². The number of rotatable bonds is 1. The van der Waals surface area contributed by atoms with Crippen LogP contribution in [-0.2, 0) is 4.74 Å². The lowest BCUT2D eigenvalue weighted by molar-refractivity contribution is 0.0150. The van der Waals surface area contributed by atoms with E-state index in [-0.39, 0.29) is 0 Å². The standard InChI is InChI=1S/C6H13NO.C5H10O3/c8-5-6-3-1-2-4-7-6;1-5(2,3)8-4(6)7/h6-8H,1-5H2;1-3H3,(H,6,7). The van der Waals surface area contributed by atoms with Crippen molar-refractivity contribution in [2.45, 2.75) is 51.7 Å². The second-order valence-corrected chi connectivity index (χ2v) is 4.81. The fourth-order valence-electron chi connectivity index (χ4n) is 1.34. The van der Waals surface area contributed by atoms with E-state index in [0.29, 0.717) is 12.6 Å². The Kier molecular flexibility index (Phi) is 7.08. The van der Waals surface area contributed by atoms with E-state index in [9.17, 15) is 4.79 Å². The number of nitrogens with one attached hydrogen (secondary N) is 1. The minimum absolute atomic E-state index is 0.306. The van der Waals surface area contributed by atoms with Gasteiger partial charge in [0.05, 0.1) is 6.61 Å². The third kappa shape index (κ3) is 9.73. The van der Waals surface area contributed by atoms with Crippen molar-refractivity contribution in [1.29, 1.82) is 0 Å². The Hall–Kier alpha value is -0.810. The first-order chi connectivity index (χ1) is 7.35. The van der Waals surface area contributed by atoms with Gasteiger partial charge in [-0.1, -0.05) is 6.42 Å². The fourth-order valence-corrected chi connectivity index (χ4v) is 1.34. The van der Waals surface area contributed by atoms with Gasteiger partial charge in [0.25, 0.3) is 0 Å². The van der Waals surface area contributed by atoms with Crippen molar-refractivity contribution in [3.05, 3.63) is 0 Å². The highest BCUT2D eigenvalue weighted by molar-refractivity contribution is 5.57.